The predicted octanol–water partition coefficient (Wildman–Crippen LogP) is 3.19. The van der Waals surface area contributed by atoms with Gasteiger partial charge in [0, 0.05) is 18.9 Å². The highest BCUT2D eigenvalue weighted by molar-refractivity contribution is 5.90. The van der Waals surface area contributed by atoms with Gasteiger partial charge < -0.3 is 5.32 Å². The molecule has 84 valence electrons. The van der Waals surface area contributed by atoms with Gasteiger partial charge in [0.2, 0.25) is 5.91 Å². The molecule has 0 aliphatic carbocycles. The Bertz CT molecular complexity index is 412. The summed E-state index contributed by atoms with van der Waals surface area (Å²) in [5.74, 6) is 6.14. The molecule has 0 heterocycles. The lowest BCUT2D eigenvalue weighted by Gasteiger charge is -2.03. The second kappa shape index (κ2) is 6.68. The molecule has 1 amide bonds. The van der Waals surface area contributed by atoms with E-state index in [-0.39, 0.29) is 5.91 Å². The van der Waals surface area contributed by atoms with Crippen LogP contribution in [0, 0.1) is 11.8 Å². The number of carbonyl (C=O) groups is 1. The maximum absolute atomic E-state index is 11.0. The smallest absolute Gasteiger partial charge is 0.221 e. The molecule has 1 aromatic carbocycles. The average Bonchev–Trinajstić information content (AvgIpc) is 2.26. The molecule has 2 heteroatoms. The van der Waals surface area contributed by atoms with Crippen molar-refractivity contribution in [2.75, 3.05) is 5.32 Å². The van der Waals surface area contributed by atoms with Gasteiger partial charge in [0.25, 0.3) is 0 Å². The molecule has 0 atom stereocenters. The minimum Gasteiger partial charge on any atom is -0.325 e. The van der Waals surface area contributed by atoms with E-state index >= 15 is 0 Å². The van der Waals surface area contributed by atoms with Gasteiger partial charge in [-0.3, -0.25) is 4.79 Å². The Morgan fingerprint density at radius 3 is 2.81 bits per heavy atom. The Hall–Kier alpha value is -1.75. The van der Waals surface area contributed by atoms with Crippen LogP contribution in [0.25, 0.3) is 0 Å². The van der Waals surface area contributed by atoms with E-state index < -0.39 is 0 Å². The Morgan fingerprint density at radius 2 is 2.12 bits per heavy atom. The number of unbranched alkanes of at least 4 members (excludes halogenated alkanes) is 2. The van der Waals surface area contributed by atoms with Gasteiger partial charge in [0.15, 0.2) is 0 Å². The maximum atomic E-state index is 11.0. The lowest BCUT2D eigenvalue weighted by molar-refractivity contribution is -0.114. The second-order valence-electron chi connectivity index (χ2n) is 3.63. The molecule has 2 nitrogen and oxygen atoms in total. The monoisotopic (exact) mass is 215 g/mol. The van der Waals surface area contributed by atoms with Crippen LogP contribution in [0.1, 0.15) is 38.7 Å². The van der Waals surface area contributed by atoms with Crippen LogP contribution in [0.2, 0.25) is 0 Å². The first kappa shape index (κ1) is 12.3. The van der Waals surface area contributed by atoms with Gasteiger partial charge in [-0.05, 0) is 18.6 Å². The Balaban J connectivity index is 2.76. The lowest BCUT2D eigenvalue weighted by Crippen LogP contribution is -2.06. The van der Waals surface area contributed by atoms with E-state index in [0.717, 1.165) is 30.5 Å². The van der Waals surface area contributed by atoms with Crippen molar-refractivity contribution in [2.45, 2.75) is 33.1 Å². The zero-order chi connectivity index (χ0) is 11.8. The third-order valence-electron chi connectivity index (χ3n) is 2.12. The van der Waals surface area contributed by atoms with Crippen LogP contribution in [0.4, 0.5) is 5.69 Å². The van der Waals surface area contributed by atoms with E-state index in [2.05, 4.69) is 24.1 Å². The van der Waals surface area contributed by atoms with Gasteiger partial charge in [-0.25, -0.2) is 0 Å². The minimum atomic E-state index is -0.0668. The summed E-state index contributed by atoms with van der Waals surface area (Å²) < 4.78 is 0. The number of anilines is 1. The highest BCUT2D eigenvalue weighted by atomic mass is 16.1. The van der Waals surface area contributed by atoms with Crippen LogP contribution in [-0.4, -0.2) is 5.91 Å². The molecule has 0 fully saturated rings. The lowest BCUT2D eigenvalue weighted by atomic mass is 10.1. The van der Waals surface area contributed by atoms with Crippen molar-refractivity contribution in [3.63, 3.8) is 0 Å². The topological polar surface area (TPSA) is 29.1 Å². The molecule has 1 N–H and O–H groups in total. The molecule has 16 heavy (non-hydrogen) atoms. The maximum Gasteiger partial charge on any atom is 0.221 e. The number of amides is 1. The quantitative estimate of drug-likeness (QED) is 0.609. The van der Waals surface area contributed by atoms with Crippen molar-refractivity contribution < 1.29 is 4.79 Å². The molecule has 0 aromatic heterocycles. The highest BCUT2D eigenvalue weighted by Crippen LogP contribution is 2.13. The summed E-state index contributed by atoms with van der Waals surface area (Å²) in [7, 11) is 0. The summed E-state index contributed by atoms with van der Waals surface area (Å²) in [5, 5.41) is 2.77. The fraction of sp³-hybridized carbons (Fsp3) is 0.357. The molecule has 0 saturated carbocycles. The standard InChI is InChI=1S/C14H17NO/c1-3-4-5-6-9-13-10-7-8-11-14(13)15-12(2)16/h7-8,10-11H,3-5H2,1-2H3,(H,15,16). The van der Waals surface area contributed by atoms with Gasteiger partial charge in [0.05, 0.1) is 5.69 Å². The van der Waals surface area contributed by atoms with Crippen molar-refractivity contribution in [2.24, 2.45) is 0 Å². The second-order valence-corrected chi connectivity index (χ2v) is 3.63. The molecule has 0 spiro atoms. The predicted molar refractivity (Wildman–Crippen MR) is 67.1 cm³/mol. The molecular formula is C14H17NO. The van der Waals surface area contributed by atoms with Crippen LogP contribution < -0.4 is 5.32 Å². The molecule has 0 unspecified atom stereocenters. The number of nitrogens with one attached hydrogen (secondary N) is 1. The summed E-state index contributed by atoms with van der Waals surface area (Å²) in [5.41, 5.74) is 1.67. The molecule has 0 bridgehead atoms. The zero-order valence-electron chi connectivity index (χ0n) is 9.84. The fourth-order valence-electron chi connectivity index (χ4n) is 1.31. The van der Waals surface area contributed by atoms with Crippen LogP contribution in [0.3, 0.4) is 0 Å². The highest BCUT2D eigenvalue weighted by Gasteiger charge is 1.99. The van der Waals surface area contributed by atoms with Crippen LogP contribution in [-0.2, 0) is 4.79 Å². The van der Waals surface area contributed by atoms with E-state index in [1.165, 1.54) is 6.92 Å². The molecule has 1 aromatic rings. The van der Waals surface area contributed by atoms with Crippen LogP contribution in [0.5, 0.6) is 0 Å². The number of hydrogen-bond donors (Lipinski definition) is 1. The van der Waals surface area contributed by atoms with Crippen molar-refractivity contribution in [3.05, 3.63) is 29.8 Å². The zero-order valence-corrected chi connectivity index (χ0v) is 9.84. The van der Waals surface area contributed by atoms with E-state index in [1.54, 1.807) is 0 Å². The summed E-state index contributed by atoms with van der Waals surface area (Å²) in [6, 6.07) is 7.60. The molecule has 0 saturated heterocycles. The number of rotatable bonds is 3. The number of para-hydroxylation sites is 1. The molecule has 1 rings (SSSR count). The van der Waals surface area contributed by atoms with Crippen LogP contribution in [0.15, 0.2) is 24.3 Å². The largest absolute Gasteiger partial charge is 0.325 e. The third-order valence-corrected chi connectivity index (χ3v) is 2.12. The molecular weight excluding hydrogens is 198 g/mol. The van der Waals surface area contributed by atoms with E-state index in [4.69, 9.17) is 0 Å². The summed E-state index contributed by atoms with van der Waals surface area (Å²) in [6.07, 6.45) is 3.18. The Labute approximate surface area is 97.1 Å². The Morgan fingerprint density at radius 1 is 1.38 bits per heavy atom. The first-order valence-corrected chi connectivity index (χ1v) is 5.59. The Kier molecular flexibility index (Phi) is 5.15. The van der Waals surface area contributed by atoms with Crippen molar-refractivity contribution in [1.82, 2.24) is 0 Å². The van der Waals surface area contributed by atoms with E-state index in [9.17, 15) is 4.79 Å². The molecule has 0 aliphatic rings. The SMILES string of the molecule is CCCCC#Cc1ccccc1NC(C)=O. The van der Waals surface area contributed by atoms with Gasteiger partial charge in [-0.1, -0.05) is 37.3 Å². The van der Waals surface area contributed by atoms with Gasteiger partial charge >= 0.3 is 0 Å². The van der Waals surface area contributed by atoms with Crippen molar-refractivity contribution >= 4 is 11.6 Å². The fourth-order valence-corrected chi connectivity index (χ4v) is 1.31. The third kappa shape index (κ3) is 4.18. The van der Waals surface area contributed by atoms with Gasteiger partial charge in [-0.15, -0.1) is 0 Å². The van der Waals surface area contributed by atoms with Gasteiger partial charge in [0.1, 0.15) is 0 Å². The average molecular weight is 215 g/mol. The molecule has 0 aliphatic heterocycles. The summed E-state index contributed by atoms with van der Waals surface area (Å²) >= 11 is 0. The normalized spacial score (nSPS) is 9.12. The summed E-state index contributed by atoms with van der Waals surface area (Å²) in [4.78, 5) is 11.0. The first-order valence-electron chi connectivity index (χ1n) is 5.59. The van der Waals surface area contributed by atoms with Gasteiger partial charge in [-0.2, -0.15) is 0 Å². The van der Waals surface area contributed by atoms with Crippen LogP contribution >= 0.6 is 0 Å². The van der Waals surface area contributed by atoms with E-state index in [1.807, 2.05) is 24.3 Å². The first-order chi connectivity index (χ1) is 7.74. The van der Waals surface area contributed by atoms with E-state index in [0.29, 0.717) is 0 Å². The molecule has 0 radical (unpaired) electrons. The summed E-state index contributed by atoms with van der Waals surface area (Å²) in [6.45, 7) is 3.65. The minimum absolute atomic E-state index is 0.0668. The number of hydrogen-bond acceptors (Lipinski definition) is 1. The van der Waals surface area contributed by atoms with Crippen molar-refractivity contribution in [3.8, 4) is 11.8 Å². The number of benzene rings is 1. The van der Waals surface area contributed by atoms with Crippen molar-refractivity contribution in [1.29, 1.82) is 0 Å². The number of carbonyl (C=O) groups excluding carboxylic acids is 1.